The van der Waals surface area contributed by atoms with Crippen LogP contribution in [-0.2, 0) is 23.2 Å². The van der Waals surface area contributed by atoms with Crippen LogP contribution in [0.15, 0.2) is 49.1 Å². The second-order valence-corrected chi connectivity index (χ2v) is 5.71. The summed E-state index contributed by atoms with van der Waals surface area (Å²) >= 11 is 0. The number of hydrogen-bond acceptors (Lipinski definition) is 3. The van der Waals surface area contributed by atoms with Crippen molar-refractivity contribution in [3.63, 3.8) is 0 Å². The quantitative estimate of drug-likeness (QED) is 0.637. The van der Waals surface area contributed by atoms with Crippen LogP contribution in [0.1, 0.15) is 18.4 Å². The molecule has 1 atom stereocenters. The number of likely N-dealkylation sites (tertiary alicyclic amines) is 1. The zero-order chi connectivity index (χ0) is 16.2. The van der Waals surface area contributed by atoms with Gasteiger partial charge in [-0.3, -0.25) is 4.90 Å². The van der Waals surface area contributed by atoms with E-state index in [4.69, 9.17) is 4.74 Å². The van der Waals surface area contributed by atoms with Gasteiger partial charge in [-0.25, -0.2) is 14.2 Å². The molecule has 1 fully saturated rings. The van der Waals surface area contributed by atoms with Crippen LogP contribution in [0.4, 0.5) is 4.79 Å². The molecule has 3 rings (SSSR count). The summed E-state index contributed by atoms with van der Waals surface area (Å²) in [5.41, 5.74) is 0.939. The largest absolute Gasteiger partial charge is 0.459 e. The monoisotopic (exact) mass is 314 g/mol. The van der Waals surface area contributed by atoms with Crippen molar-refractivity contribution in [3.05, 3.63) is 54.6 Å². The molecule has 6 heteroatoms. The van der Waals surface area contributed by atoms with E-state index < -0.39 is 6.04 Å². The van der Waals surface area contributed by atoms with Crippen molar-refractivity contribution in [2.45, 2.75) is 25.5 Å². The highest BCUT2D eigenvalue weighted by Gasteiger charge is 2.38. The third kappa shape index (κ3) is 3.41. The molecule has 0 N–H and O–H groups in total. The smallest absolute Gasteiger partial charge is 0.416 e. The number of rotatable bonds is 3. The first kappa shape index (κ1) is 15.3. The number of ether oxygens (including phenoxy) is 1. The summed E-state index contributed by atoms with van der Waals surface area (Å²) in [7, 11) is 1.85. The maximum absolute atomic E-state index is 12.5. The Hall–Kier alpha value is -2.63. The van der Waals surface area contributed by atoms with Crippen molar-refractivity contribution < 1.29 is 18.9 Å². The summed E-state index contributed by atoms with van der Waals surface area (Å²) in [6.07, 6.45) is 6.62. The zero-order valence-electron chi connectivity index (χ0n) is 13.1. The normalized spacial score (nSPS) is 17.3. The predicted octanol–water partition coefficient (Wildman–Crippen LogP) is 1.49. The van der Waals surface area contributed by atoms with Crippen molar-refractivity contribution in [2.75, 3.05) is 6.54 Å². The Kier molecular flexibility index (Phi) is 4.41. The maximum Gasteiger partial charge on any atom is 0.416 e. The molecule has 120 valence electrons. The summed E-state index contributed by atoms with van der Waals surface area (Å²) in [6, 6.07) is 8.85. The van der Waals surface area contributed by atoms with Crippen LogP contribution >= 0.6 is 0 Å². The van der Waals surface area contributed by atoms with Crippen LogP contribution in [0, 0.1) is 0 Å². The second kappa shape index (κ2) is 6.64. The van der Waals surface area contributed by atoms with Gasteiger partial charge in [-0.05, 0) is 18.4 Å². The topological polar surface area (TPSA) is 55.4 Å². The molecular weight excluding hydrogens is 294 g/mol. The molecule has 1 aromatic heterocycles. The van der Waals surface area contributed by atoms with Crippen LogP contribution in [0.25, 0.3) is 0 Å². The summed E-state index contributed by atoms with van der Waals surface area (Å²) < 4.78 is 8.66. The summed E-state index contributed by atoms with van der Waals surface area (Å²) in [5.74, 6) is -0.337. The van der Waals surface area contributed by atoms with Crippen LogP contribution in [0.5, 0.6) is 0 Å². The van der Waals surface area contributed by atoms with Crippen LogP contribution in [0.3, 0.4) is 0 Å². The molecule has 0 spiro atoms. The third-order valence-corrected chi connectivity index (χ3v) is 3.98. The summed E-state index contributed by atoms with van der Waals surface area (Å²) in [4.78, 5) is 26.4. The highest BCUT2D eigenvalue weighted by molar-refractivity contribution is 5.85. The molecule has 1 saturated heterocycles. The van der Waals surface area contributed by atoms with Gasteiger partial charge in [0.05, 0.1) is 7.05 Å². The van der Waals surface area contributed by atoms with E-state index in [1.807, 2.05) is 37.4 Å². The number of amides is 1. The van der Waals surface area contributed by atoms with E-state index in [0.29, 0.717) is 13.0 Å². The number of esters is 1. The molecule has 2 heterocycles. The standard InChI is InChI=1S/C17H20N3O3/c1-18-10-11-19(13-18)17(22)20-9-5-8-15(20)16(21)23-12-14-6-3-2-4-7-14/h2-4,6-7,10-11,13,15H,5,8-9,12H2,1H3/q+1/t15-/m0/s1. The van der Waals surface area contributed by atoms with E-state index in [1.165, 1.54) is 4.57 Å². The maximum atomic E-state index is 12.5. The lowest BCUT2D eigenvalue weighted by Crippen LogP contribution is -2.43. The molecule has 0 saturated carbocycles. The van der Waals surface area contributed by atoms with Crippen molar-refractivity contribution in [2.24, 2.45) is 7.05 Å². The highest BCUT2D eigenvalue weighted by atomic mass is 16.5. The number of hydrogen-bond donors (Lipinski definition) is 0. The Morgan fingerprint density at radius 3 is 2.78 bits per heavy atom. The Morgan fingerprint density at radius 2 is 2.09 bits per heavy atom. The molecule has 23 heavy (non-hydrogen) atoms. The Labute approximate surface area is 134 Å². The van der Waals surface area contributed by atoms with Gasteiger partial charge in [0.1, 0.15) is 25.0 Å². The minimum absolute atomic E-state index is 0.190. The van der Waals surface area contributed by atoms with Gasteiger partial charge in [0.15, 0.2) is 0 Å². The van der Waals surface area contributed by atoms with E-state index in [9.17, 15) is 9.59 Å². The number of imidazole rings is 1. The molecule has 2 aromatic rings. The fourth-order valence-corrected chi connectivity index (χ4v) is 2.78. The first-order valence-corrected chi connectivity index (χ1v) is 7.70. The first-order valence-electron chi connectivity index (χ1n) is 7.70. The van der Waals surface area contributed by atoms with Crippen LogP contribution < -0.4 is 4.57 Å². The fourth-order valence-electron chi connectivity index (χ4n) is 2.78. The zero-order valence-corrected chi connectivity index (χ0v) is 13.1. The molecule has 1 amide bonds. The van der Waals surface area contributed by atoms with Crippen molar-refractivity contribution in [1.29, 1.82) is 0 Å². The van der Waals surface area contributed by atoms with Gasteiger partial charge in [0.25, 0.3) is 6.33 Å². The lowest BCUT2D eigenvalue weighted by atomic mass is 10.2. The molecule has 0 radical (unpaired) electrons. The lowest BCUT2D eigenvalue weighted by molar-refractivity contribution is -0.670. The number of aryl methyl sites for hydroxylation is 1. The average molecular weight is 314 g/mol. The minimum atomic E-state index is -0.501. The van der Waals surface area contributed by atoms with E-state index in [2.05, 4.69) is 0 Å². The van der Waals surface area contributed by atoms with Crippen molar-refractivity contribution >= 4 is 12.0 Å². The lowest BCUT2D eigenvalue weighted by Gasteiger charge is -2.20. The Balaban J connectivity index is 1.64. The molecule has 0 aliphatic carbocycles. The Bertz CT molecular complexity index is 696. The fraction of sp³-hybridized carbons (Fsp3) is 0.353. The number of carbonyl (C=O) groups excluding carboxylic acids is 2. The van der Waals surface area contributed by atoms with Crippen molar-refractivity contribution in [3.8, 4) is 0 Å². The predicted molar refractivity (Wildman–Crippen MR) is 82.4 cm³/mol. The highest BCUT2D eigenvalue weighted by Crippen LogP contribution is 2.20. The number of benzene rings is 1. The van der Waals surface area contributed by atoms with Gasteiger partial charge in [0.2, 0.25) is 0 Å². The summed E-state index contributed by atoms with van der Waals surface area (Å²) in [6.45, 7) is 0.808. The molecule has 0 bridgehead atoms. The summed E-state index contributed by atoms with van der Waals surface area (Å²) in [5, 5.41) is 0. The SMILES string of the molecule is C[n+]1ccn(C(=O)N2CCC[C@H]2C(=O)OCc2ccccc2)c1. The van der Waals surface area contributed by atoms with Gasteiger partial charge in [-0.15, -0.1) is 0 Å². The second-order valence-electron chi connectivity index (χ2n) is 5.71. The van der Waals surface area contributed by atoms with E-state index in [1.54, 1.807) is 28.2 Å². The molecule has 1 aromatic carbocycles. The number of carbonyl (C=O) groups is 2. The van der Waals surface area contributed by atoms with Crippen molar-refractivity contribution in [1.82, 2.24) is 9.47 Å². The van der Waals surface area contributed by atoms with E-state index >= 15 is 0 Å². The van der Waals surface area contributed by atoms with Gasteiger partial charge in [-0.1, -0.05) is 30.3 Å². The first-order chi connectivity index (χ1) is 11.1. The molecule has 1 aliphatic heterocycles. The number of aromatic nitrogens is 2. The van der Waals surface area contributed by atoms with E-state index in [0.717, 1.165) is 12.0 Å². The van der Waals surface area contributed by atoms with Gasteiger partial charge < -0.3 is 4.74 Å². The van der Waals surface area contributed by atoms with E-state index in [-0.39, 0.29) is 18.6 Å². The van der Waals surface area contributed by atoms with Crippen LogP contribution in [-0.4, -0.2) is 34.1 Å². The van der Waals surface area contributed by atoms with Crippen LogP contribution in [0.2, 0.25) is 0 Å². The Morgan fingerprint density at radius 1 is 1.30 bits per heavy atom. The molecular formula is C17H20N3O3+. The minimum Gasteiger partial charge on any atom is -0.459 e. The van der Waals surface area contributed by atoms with Gasteiger partial charge >= 0.3 is 12.0 Å². The molecule has 0 unspecified atom stereocenters. The van der Waals surface area contributed by atoms with Gasteiger partial charge in [0, 0.05) is 6.54 Å². The number of nitrogens with zero attached hydrogens (tertiary/aromatic N) is 3. The van der Waals surface area contributed by atoms with Gasteiger partial charge in [-0.2, -0.15) is 4.57 Å². The molecule has 6 nitrogen and oxygen atoms in total. The third-order valence-electron chi connectivity index (χ3n) is 3.98. The molecule has 1 aliphatic rings. The average Bonchev–Trinajstić information content (AvgIpc) is 3.22.